The lowest BCUT2D eigenvalue weighted by Gasteiger charge is -2.31. The molecule has 0 saturated carbocycles. The van der Waals surface area contributed by atoms with Gasteiger partial charge in [-0.3, -0.25) is 0 Å². The maximum atomic E-state index is 9.41. The maximum absolute atomic E-state index is 9.41. The van der Waals surface area contributed by atoms with Crippen LogP contribution in [0.2, 0.25) is 0 Å². The second kappa shape index (κ2) is 5.42. The standard InChI is InChI=1S/C11H16N4O/c1-3-11(4-2,8-16)14-10-9(7-12)5-6-13-15-10/h5-6,16H,3-4,8H2,1-2H3,(H,14,15). The summed E-state index contributed by atoms with van der Waals surface area (Å²) in [4.78, 5) is 0. The minimum atomic E-state index is -0.429. The summed E-state index contributed by atoms with van der Waals surface area (Å²) in [6.07, 6.45) is 2.98. The number of hydrogen-bond donors (Lipinski definition) is 2. The van der Waals surface area contributed by atoms with Crippen molar-refractivity contribution in [3.8, 4) is 6.07 Å². The van der Waals surface area contributed by atoms with E-state index in [9.17, 15) is 5.11 Å². The fraction of sp³-hybridized carbons (Fsp3) is 0.545. The lowest BCUT2D eigenvalue weighted by atomic mass is 9.94. The Morgan fingerprint density at radius 2 is 2.19 bits per heavy atom. The molecule has 0 aromatic carbocycles. The van der Waals surface area contributed by atoms with E-state index in [-0.39, 0.29) is 6.61 Å². The van der Waals surface area contributed by atoms with Gasteiger partial charge < -0.3 is 10.4 Å². The topological polar surface area (TPSA) is 81.8 Å². The van der Waals surface area contributed by atoms with Gasteiger partial charge in [0.05, 0.1) is 23.9 Å². The summed E-state index contributed by atoms with van der Waals surface area (Å²) in [5.41, 5.74) is 0.0106. The van der Waals surface area contributed by atoms with Gasteiger partial charge in [0, 0.05) is 0 Å². The van der Waals surface area contributed by atoms with E-state index in [0.717, 1.165) is 12.8 Å². The molecule has 86 valence electrons. The minimum Gasteiger partial charge on any atom is -0.394 e. The van der Waals surface area contributed by atoms with Crippen molar-refractivity contribution in [1.82, 2.24) is 10.2 Å². The number of rotatable bonds is 5. The second-order valence-corrected chi connectivity index (χ2v) is 3.68. The number of hydrogen-bond acceptors (Lipinski definition) is 5. The molecular formula is C11H16N4O. The average Bonchev–Trinajstić information content (AvgIpc) is 2.36. The Morgan fingerprint density at radius 1 is 1.50 bits per heavy atom. The molecule has 1 rings (SSSR count). The van der Waals surface area contributed by atoms with Crippen molar-refractivity contribution in [2.24, 2.45) is 0 Å². The van der Waals surface area contributed by atoms with Crippen molar-refractivity contribution in [3.63, 3.8) is 0 Å². The first-order valence-corrected chi connectivity index (χ1v) is 5.32. The summed E-state index contributed by atoms with van der Waals surface area (Å²) >= 11 is 0. The van der Waals surface area contributed by atoms with Crippen molar-refractivity contribution in [2.45, 2.75) is 32.2 Å². The Hall–Kier alpha value is -1.67. The van der Waals surface area contributed by atoms with E-state index in [1.165, 1.54) is 6.20 Å². The van der Waals surface area contributed by atoms with Gasteiger partial charge in [-0.15, -0.1) is 5.10 Å². The molecule has 0 aliphatic heterocycles. The number of anilines is 1. The van der Waals surface area contributed by atoms with Gasteiger partial charge in [0.25, 0.3) is 0 Å². The van der Waals surface area contributed by atoms with Crippen LogP contribution in [0.3, 0.4) is 0 Å². The van der Waals surface area contributed by atoms with Crippen molar-refractivity contribution in [1.29, 1.82) is 5.26 Å². The van der Waals surface area contributed by atoms with Crippen LogP contribution in [-0.2, 0) is 0 Å². The Morgan fingerprint density at radius 3 is 2.69 bits per heavy atom. The smallest absolute Gasteiger partial charge is 0.167 e. The maximum Gasteiger partial charge on any atom is 0.167 e. The van der Waals surface area contributed by atoms with Crippen LogP contribution in [0, 0.1) is 11.3 Å². The highest BCUT2D eigenvalue weighted by Crippen LogP contribution is 2.21. The highest BCUT2D eigenvalue weighted by atomic mass is 16.3. The highest BCUT2D eigenvalue weighted by molar-refractivity contribution is 5.51. The van der Waals surface area contributed by atoms with Gasteiger partial charge in [-0.2, -0.15) is 10.4 Å². The van der Waals surface area contributed by atoms with Gasteiger partial charge in [-0.25, -0.2) is 0 Å². The Labute approximate surface area is 95.1 Å². The number of aliphatic hydroxyl groups is 1. The van der Waals surface area contributed by atoms with Gasteiger partial charge in [-0.05, 0) is 18.9 Å². The first-order valence-electron chi connectivity index (χ1n) is 5.32. The summed E-state index contributed by atoms with van der Waals surface area (Å²) in [7, 11) is 0. The molecule has 5 heteroatoms. The molecule has 0 atom stereocenters. The molecule has 0 fully saturated rings. The predicted molar refractivity (Wildman–Crippen MR) is 60.8 cm³/mol. The lowest BCUT2D eigenvalue weighted by molar-refractivity contribution is 0.202. The minimum absolute atomic E-state index is 0.00143. The van der Waals surface area contributed by atoms with E-state index in [1.807, 2.05) is 19.9 Å². The summed E-state index contributed by atoms with van der Waals surface area (Å²) in [6, 6.07) is 3.64. The number of nitrogens with one attached hydrogen (secondary N) is 1. The van der Waals surface area contributed by atoms with Crippen LogP contribution in [0.1, 0.15) is 32.3 Å². The van der Waals surface area contributed by atoms with E-state index in [2.05, 4.69) is 15.5 Å². The van der Waals surface area contributed by atoms with E-state index in [1.54, 1.807) is 6.07 Å². The molecule has 5 nitrogen and oxygen atoms in total. The van der Waals surface area contributed by atoms with Gasteiger partial charge >= 0.3 is 0 Å². The van der Waals surface area contributed by atoms with Crippen molar-refractivity contribution < 1.29 is 5.11 Å². The largest absolute Gasteiger partial charge is 0.394 e. The summed E-state index contributed by atoms with van der Waals surface area (Å²) in [5, 5.41) is 29.1. The van der Waals surface area contributed by atoms with Crippen molar-refractivity contribution >= 4 is 5.82 Å². The van der Waals surface area contributed by atoms with Crippen molar-refractivity contribution in [2.75, 3.05) is 11.9 Å². The van der Waals surface area contributed by atoms with E-state index >= 15 is 0 Å². The Balaban J connectivity index is 2.99. The molecule has 0 spiro atoms. The highest BCUT2D eigenvalue weighted by Gasteiger charge is 2.26. The van der Waals surface area contributed by atoms with Crippen LogP contribution in [0.25, 0.3) is 0 Å². The van der Waals surface area contributed by atoms with E-state index in [4.69, 9.17) is 5.26 Å². The Bertz CT molecular complexity index is 374. The third-order valence-electron chi connectivity index (χ3n) is 2.88. The number of aromatic nitrogens is 2. The fourth-order valence-electron chi connectivity index (χ4n) is 1.46. The quantitative estimate of drug-likeness (QED) is 0.781. The molecule has 0 amide bonds. The first kappa shape index (κ1) is 12.4. The number of nitriles is 1. The molecule has 0 unspecified atom stereocenters. The summed E-state index contributed by atoms with van der Waals surface area (Å²) in [5.74, 6) is 0.433. The third kappa shape index (κ3) is 2.47. The predicted octanol–water partition coefficient (Wildman–Crippen LogP) is 1.31. The van der Waals surface area contributed by atoms with Crippen LogP contribution in [0.4, 0.5) is 5.82 Å². The van der Waals surface area contributed by atoms with Gasteiger partial charge in [-0.1, -0.05) is 13.8 Å². The van der Waals surface area contributed by atoms with Gasteiger partial charge in [0.15, 0.2) is 5.82 Å². The summed E-state index contributed by atoms with van der Waals surface area (Å²) in [6.45, 7) is 3.96. The zero-order chi connectivity index (χ0) is 12.0. The zero-order valence-corrected chi connectivity index (χ0v) is 9.56. The molecular weight excluding hydrogens is 204 g/mol. The van der Waals surface area contributed by atoms with Crippen LogP contribution in [-0.4, -0.2) is 27.4 Å². The number of nitrogens with zero attached hydrogens (tertiary/aromatic N) is 3. The summed E-state index contributed by atoms with van der Waals surface area (Å²) < 4.78 is 0. The van der Waals surface area contributed by atoms with Crippen molar-refractivity contribution in [3.05, 3.63) is 17.8 Å². The molecule has 2 N–H and O–H groups in total. The molecule has 0 aliphatic carbocycles. The lowest BCUT2D eigenvalue weighted by Crippen LogP contribution is -2.41. The zero-order valence-electron chi connectivity index (χ0n) is 9.56. The van der Waals surface area contributed by atoms with E-state index in [0.29, 0.717) is 11.4 Å². The molecule has 1 heterocycles. The normalized spacial score (nSPS) is 10.9. The van der Waals surface area contributed by atoms with Gasteiger partial charge in [0.2, 0.25) is 0 Å². The number of aliphatic hydroxyl groups excluding tert-OH is 1. The molecule has 1 aromatic heterocycles. The van der Waals surface area contributed by atoms with Crippen LogP contribution < -0.4 is 5.32 Å². The monoisotopic (exact) mass is 220 g/mol. The molecule has 16 heavy (non-hydrogen) atoms. The molecule has 0 saturated heterocycles. The molecule has 0 radical (unpaired) electrons. The average molecular weight is 220 g/mol. The molecule has 0 aliphatic rings. The first-order chi connectivity index (χ1) is 7.71. The molecule has 0 bridgehead atoms. The second-order valence-electron chi connectivity index (χ2n) is 3.68. The van der Waals surface area contributed by atoms with Crippen LogP contribution >= 0.6 is 0 Å². The van der Waals surface area contributed by atoms with Crippen LogP contribution in [0.5, 0.6) is 0 Å². The van der Waals surface area contributed by atoms with Gasteiger partial charge in [0.1, 0.15) is 6.07 Å². The van der Waals surface area contributed by atoms with E-state index < -0.39 is 5.54 Å². The third-order valence-corrected chi connectivity index (χ3v) is 2.88. The van der Waals surface area contributed by atoms with Crippen LogP contribution in [0.15, 0.2) is 12.3 Å². The fourth-order valence-corrected chi connectivity index (χ4v) is 1.46. The SMILES string of the molecule is CCC(CC)(CO)Nc1nnccc1C#N. The molecule has 1 aromatic rings. The Kier molecular flexibility index (Phi) is 4.20.